The predicted molar refractivity (Wildman–Crippen MR) is 71.2 cm³/mol. The fourth-order valence-electron chi connectivity index (χ4n) is 1.13. The van der Waals surface area contributed by atoms with E-state index in [2.05, 4.69) is 20.7 Å². The smallest absolute Gasteiger partial charge is 0.324 e. The van der Waals surface area contributed by atoms with Crippen LogP contribution in [-0.4, -0.2) is 25.0 Å². The van der Waals surface area contributed by atoms with Gasteiger partial charge in [0.25, 0.3) is 0 Å². The normalized spacial score (nSPS) is 12.4. The number of carboxylic acid groups (broad SMARTS) is 1. The van der Waals surface area contributed by atoms with Gasteiger partial charge in [-0.15, -0.1) is 0 Å². The zero-order valence-corrected chi connectivity index (χ0v) is 12.7. The molecule has 0 saturated carbocycles. The van der Waals surface area contributed by atoms with Crippen LogP contribution in [0.25, 0.3) is 0 Å². The van der Waals surface area contributed by atoms with Crippen LogP contribution in [0.4, 0.5) is 0 Å². The van der Waals surface area contributed by atoms with E-state index < -0.39 is 21.5 Å². The van der Waals surface area contributed by atoms with Crippen molar-refractivity contribution in [2.24, 2.45) is 0 Å². The Labute approximate surface area is 118 Å². The Morgan fingerprint density at radius 2 is 2.00 bits per heavy atom. The Hall–Kier alpha value is -0.630. The highest BCUT2D eigenvalue weighted by molar-refractivity contribution is 9.10. The molecule has 0 amide bonds. The van der Waals surface area contributed by atoms with E-state index >= 15 is 0 Å². The Morgan fingerprint density at radius 1 is 1.44 bits per heavy atom. The molecule has 0 aromatic heterocycles. The Balaban J connectivity index is 3.19. The van der Waals surface area contributed by atoms with E-state index in [0.29, 0.717) is 4.47 Å². The first-order valence-corrected chi connectivity index (χ1v) is 7.44. The van der Waals surface area contributed by atoms with E-state index in [4.69, 9.17) is 16.7 Å². The lowest BCUT2D eigenvalue weighted by molar-refractivity contribution is -0.142. The van der Waals surface area contributed by atoms with Crippen LogP contribution in [0.1, 0.15) is 13.8 Å². The molecule has 0 unspecified atom stereocenters. The van der Waals surface area contributed by atoms with Crippen LogP contribution in [-0.2, 0) is 14.8 Å². The van der Waals surface area contributed by atoms with Crippen molar-refractivity contribution in [1.29, 1.82) is 0 Å². The van der Waals surface area contributed by atoms with Crippen LogP contribution in [0, 0.1) is 0 Å². The van der Waals surface area contributed by atoms with Gasteiger partial charge in [-0.2, -0.15) is 4.72 Å². The number of rotatable bonds is 4. The quantitative estimate of drug-likeness (QED) is 0.866. The van der Waals surface area contributed by atoms with Crippen LogP contribution in [0.2, 0.25) is 5.02 Å². The molecule has 1 rings (SSSR count). The largest absolute Gasteiger partial charge is 0.480 e. The summed E-state index contributed by atoms with van der Waals surface area (Å²) < 4.78 is 26.7. The van der Waals surface area contributed by atoms with Gasteiger partial charge in [0.1, 0.15) is 10.4 Å². The molecule has 0 spiro atoms. The Bertz CT molecular complexity index is 586. The van der Waals surface area contributed by atoms with Crippen LogP contribution in [0.15, 0.2) is 27.6 Å². The molecule has 0 aliphatic heterocycles. The Morgan fingerprint density at radius 3 is 2.44 bits per heavy atom. The van der Waals surface area contributed by atoms with Gasteiger partial charge in [-0.05, 0) is 32.0 Å². The molecule has 8 heteroatoms. The molecule has 0 aliphatic carbocycles. The van der Waals surface area contributed by atoms with Gasteiger partial charge >= 0.3 is 5.97 Å². The summed E-state index contributed by atoms with van der Waals surface area (Å²) in [5, 5.41) is 8.91. The number of benzene rings is 1. The third kappa shape index (κ3) is 3.44. The summed E-state index contributed by atoms with van der Waals surface area (Å²) in [7, 11) is -3.99. The van der Waals surface area contributed by atoms with Gasteiger partial charge < -0.3 is 5.11 Å². The average Bonchev–Trinajstić information content (AvgIpc) is 2.14. The van der Waals surface area contributed by atoms with Crippen molar-refractivity contribution >= 4 is 43.5 Å². The zero-order valence-electron chi connectivity index (χ0n) is 9.57. The summed E-state index contributed by atoms with van der Waals surface area (Å²) >= 11 is 8.98. The number of hydrogen-bond donors (Lipinski definition) is 2. The second-order valence-corrected chi connectivity index (χ2v) is 7.08. The van der Waals surface area contributed by atoms with Crippen molar-refractivity contribution in [3.63, 3.8) is 0 Å². The minimum Gasteiger partial charge on any atom is -0.480 e. The molecular weight excluding hydrogens is 346 g/mol. The van der Waals surface area contributed by atoms with Crippen molar-refractivity contribution in [1.82, 2.24) is 4.72 Å². The molecule has 100 valence electrons. The molecule has 0 aliphatic rings. The van der Waals surface area contributed by atoms with Crippen molar-refractivity contribution < 1.29 is 18.3 Å². The fourth-order valence-corrected chi connectivity index (χ4v) is 3.54. The third-order valence-electron chi connectivity index (χ3n) is 2.11. The SMILES string of the molecule is CC(C)(NS(=O)(=O)c1ccc(Br)cc1Cl)C(=O)O. The van der Waals surface area contributed by atoms with Gasteiger partial charge in [0.05, 0.1) is 5.02 Å². The minimum atomic E-state index is -3.99. The molecule has 0 fully saturated rings. The number of carboxylic acids is 1. The van der Waals surface area contributed by atoms with Crippen molar-refractivity contribution in [3.8, 4) is 0 Å². The highest BCUT2D eigenvalue weighted by Crippen LogP contribution is 2.26. The number of aliphatic carboxylic acids is 1. The van der Waals surface area contributed by atoms with Gasteiger partial charge in [0, 0.05) is 4.47 Å². The molecule has 2 N–H and O–H groups in total. The van der Waals surface area contributed by atoms with E-state index in [1.165, 1.54) is 32.0 Å². The first kappa shape index (κ1) is 15.4. The second kappa shape index (κ2) is 5.16. The highest BCUT2D eigenvalue weighted by Gasteiger charge is 2.33. The molecule has 1 aromatic rings. The summed E-state index contributed by atoms with van der Waals surface area (Å²) in [5.74, 6) is -1.28. The second-order valence-electron chi connectivity index (χ2n) is 4.11. The molecule has 18 heavy (non-hydrogen) atoms. The first-order chi connectivity index (χ1) is 8.06. The van der Waals surface area contributed by atoms with E-state index in [-0.39, 0.29) is 9.92 Å². The van der Waals surface area contributed by atoms with Crippen molar-refractivity contribution in [3.05, 3.63) is 27.7 Å². The van der Waals surface area contributed by atoms with E-state index in [1.807, 2.05) is 0 Å². The van der Waals surface area contributed by atoms with Gasteiger partial charge in [0.2, 0.25) is 10.0 Å². The van der Waals surface area contributed by atoms with E-state index in [9.17, 15) is 13.2 Å². The van der Waals surface area contributed by atoms with E-state index in [1.54, 1.807) is 0 Å². The molecule has 0 atom stereocenters. The van der Waals surface area contributed by atoms with E-state index in [0.717, 1.165) is 0 Å². The minimum absolute atomic E-state index is 0.0121. The summed E-state index contributed by atoms with van der Waals surface area (Å²) in [4.78, 5) is 10.7. The van der Waals surface area contributed by atoms with Gasteiger partial charge in [0.15, 0.2) is 0 Å². The maximum Gasteiger partial charge on any atom is 0.324 e. The highest BCUT2D eigenvalue weighted by atomic mass is 79.9. The lowest BCUT2D eigenvalue weighted by atomic mass is 10.1. The number of hydrogen-bond acceptors (Lipinski definition) is 3. The standard InChI is InChI=1S/C10H11BrClNO4S/c1-10(2,9(14)15)13-18(16,17)8-4-3-6(11)5-7(8)12/h3-5,13H,1-2H3,(H,14,15). The van der Waals surface area contributed by atoms with Gasteiger partial charge in [-0.25, -0.2) is 8.42 Å². The molecule has 0 bridgehead atoms. The van der Waals surface area contributed by atoms with Crippen LogP contribution < -0.4 is 4.72 Å². The summed E-state index contributed by atoms with van der Waals surface area (Å²) in [6, 6.07) is 4.23. The van der Waals surface area contributed by atoms with Crippen molar-refractivity contribution in [2.45, 2.75) is 24.3 Å². The number of sulfonamides is 1. The van der Waals surface area contributed by atoms with Crippen LogP contribution >= 0.6 is 27.5 Å². The molecule has 0 saturated heterocycles. The van der Waals surface area contributed by atoms with Gasteiger partial charge in [-0.3, -0.25) is 4.79 Å². The maximum absolute atomic E-state index is 12.0. The molecule has 1 aromatic carbocycles. The number of halogens is 2. The summed E-state index contributed by atoms with van der Waals surface area (Å²) in [6.45, 7) is 2.50. The molecular formula is C10H11BrClNO4S. The Kier molecular flexibility index (Phi) is 4.42. The number of nitrogens with one attached hydrogen (secondary N) is 1. The summed E-state index contributed by atoms with van der Waals surface area (Å²) in [6.07, 6.45) is 0. The molecule has 0 heterocycles. The lowest BCUT2D eigenvalue weighted by Gasteiger charge is -2.21. The topological polar surface area (TPSA) is 83.5 Å². The van der Waals surface area contributed by atoms with Crippen molar-refractivity contribution in [2.75, 3.05) is 0 Å². The third-order valence-corrected chi connectivity index (χ3v) is 4.74. The molecule has 5 nitrogen and oxygen atoms in total. The van der Waals surface area contributed by atoms with Gasteiger partial charge in [-0.1, -0.05) is 27.5 Å². The first-order valence-electron chi connectivity index (χ1n) is 4.79. The average molecular weight is 357 g/mol. The molecule has 0 radical (unpaired) electrons. The number of carbonyl (C=O) groups is 1. The summed E-state index contributed by atoms with van der Waals surface area (Å²) in [5.41, 5.74) is -1.62. The lowest BCUT2D eigenvalue weighted by Crippen LogP contribution is -2.49. The van der Waals surface area contributed by atoms with Crippen LogP contribution in [0.3, 0.4) is 0 Å². The fraction of sp³-hybridized carbons (Fsp3) is 0.300. The predicted octanol–water partition coefficient (Wildman–Crippen LogP) is 2.24. The monoisotopic (exact) mass is 355 g/mol. The van der Waals surface area contributed by atoms with Crippen LogP contribution in [0.5, 0.6) is 0 Å². The maximum atomic E-state index is 12.0. The zero-order chi connectivity index (χ0) is 14.1.